The molecule has 1 heterocycles. The van der Waals surface area contributed by atoms with Crippen molar-refractivity contribution in [1.82, 2.24) is 5.43 Å². The average molecular weight is 334 g/mol. The molecular formula is C15H12ClN3O2S. The van der Waals surface area contributed by atoms with E-state index in [2.05, 4.69) is 15.8 Å². The highest BCUT2D eigenvalue weighted by atomic mass is 35.5. The second-order valence-electron chi connectivity index (χ2n) is 4.42. The molecule has 0 atom stereocenters. The van der Waals surface area contributed by atoms with Gasteiger partial charge in [-0.25, -0.2) is 0 Å². The van der Waals surface area contributed by atoms with Crippen LogP contribution in [0.3, 0.4) is 0 Å². The van der Waals surface area contributed by atoms with Crippen LogP contribution in [0.1, 0.15) is 5.56 Å². The standard InChI is InChI=1S/C15H12ClN3O2S/c16-12-7-14-13(20-9-21-14)6-10(12)8-17-19-15(22)18-11-4-2-1-3-5-11/h1-8H,9H2,(H2,18,19,22)/b17-8+. The summed E-state index contributed by atoms with van der Waals surface area (Å²) in [5.74, 6) is 1.28. The number of thiocarbonyl (C=S) groups is 1. The molecule has 2 aromatic rings. The van der Waals surface area contributed by atoms with Crippen molar-refractivity contribution in [2.75, 3.05) is 12.1 Å². The quantitative estimate of drug-likeness (QED) is 0.512. The van der Waals surface area contributed by atoms with Crippen LogP contribution in [0.2, 0.25) is 5.02 Å². The van der Waals surface area contributed by atoms with Crippen molar-refractivity contribution < 1.29 is 9.47 Å². The normalized spacial score (nSPS) is 12.4. The number of anilines is 1. The molecule has 0 amide bonds. The molecule has 1 aliphatic rings. The Morgan fingerprint density at radius 3 is 2.68 bits per heavy atom. The lowest BCUT2D eigenvalue weighted by Gasteiger charge is -2.06. The summed E-state index contributed by atoms with van der Waals surface area (Å²) in [5.41, 5.74) is 4.33. The number of rotatable bonds is 3. The van der Waals surface area contributed by atoms with Crippen molar-refractivity contribution in [1.29, 1.82) is 0 Å². The van der Waals surface area contributed by atoms with E-state index in [0.717, 1.165) is 5.69 Å². The van der Waals surface area contributed by atoms with Crippen LogP contribution in [-0.4, -0.2) is 18.1 Å². The third-order valence-electron chi connectivity index (χ3n) is 2.89. The first-order valence-corrected chi connectivity index (χ1v) is 7.25. The van der Waals surface area contributed by atoms with Gasteiger partial charge >= 0.3 is 0 Å². The molecule has 0 aliphatic carbocycles. The van der Waals surface area contributed by atoms with Gasteiger partial charge in [0, 0.05) is 17.3 Å². The first-order valence-electron chi connectivity index (χ1n) is 6.46. The minimum absolute atomic E-state index is 0.204. The fourth-order valence-electron chi connectivity index (χ4n) is 1.87. The number of fused-ring (bicyclic) bond motifs is 1. The second kappa shape index (κ2) is 6.64. The number of halogens is 1. The largest absolute Gasteiger partial charge is 0.454 e. The van der Waals surface area contributed by atoms with E-state index in [1.807, 2.05) is 30.3 Å². The molecule has 0 bridgehead atoms. The Balaban J connectivity index is 1.61. The van der Waals surface area contributed by atoms with Gasteiger partial charge in [-0.1, -0.05) is 29.8 Å². The van der Waals surface area contributed by atoms with E-state index in [1.165, 1.54) is 0 Å². The third-order valence-corrected chi connectivity index (χ3v) is 3.41. The molecule has 1 aliphatic heterocycles. The van der Waals surface area contributed by atoms with Crippen molar-refractivity contribution in [3.63, 3.8) is 0 Å². The number of hydrogen-bond donors (Lipinski definition) is 2. The smallest absolute Gasteiger partial charge is 0.231 e. The molecule has 0 spiro atoms. The van der Waals surface area contributed by atoms with Crippen LogP contribution in [0.15, 0.2) is 47.6 Å². The molecule has 2 aromatic carbocycles. The molecule has 0 saturated heterocycles. The van der Waals surface area contributed by atoms with Crippen LogP contribution < -0.4 is 20.2 Å². The number of nitrogens with one attached hydrogen (secondary N) is 2. The molecule has 7 heteroatoms. The van der Waals surface area contributed by atoms with Crippen molar-refractivity contribution >= 4 is 40.8 Å². The summed E-state index contributed by atoms with van der Waals surface area (Å²) in [6.07, 6.45) is 1.57. The second-order valence-corrected chi connectivity index (χ2v) is 5.23. The Morgan fingerprint density at radius 1 is 1.18 bits per heavy atom. The lowest BCUT2D eigenvalue weighted by atomic mass is 10.2. The van der Waals surface area contributed by atoms with Crippen LogP contribution >= 0.6 is 23.8 Å². The van der Waals surface area contributed by atoms with E-state index in [1.54, 1.807) is 18.3 Å². The first kappa shape index (κ1) is 14.6. The van der Waals surface area contributed by atoms with Gasteiger partial charge in [-0.3, -0.25) is 5.43 Å². The van der Waals surface area contributed by atoms with Crippen LogP contribution in [0.4, 0.5) is 5.69 Å². The topological polar surface area (TPSA) is 54.9 Å². The molecule has 0 radical (unpaired) electrons. The van der Waals surface area contributed by atoms with E-state index in [0.29, 0.717) is 27.2 Å². The third kappa shape index (κ3) is 3.47. The summed E-state index contributed by atoms with van der Waals surface area (Å²) >= 11 is 11.3. The predicted molar refractivity (Wildman–Crippen MR) is 91.0 cm³/mol. The number of hydrogen-bond acceptors (Lipinski definition) is 4. The predicted octanol–water partition coefficient (Wildman–Crippen LogP) is 3.39. The van der Waals surface area contributed by atoms with Crippen LogP contribution in [0.5, 0.6) is 11.5 Å². The number of hydrazone groups is 1. The summed E-state index contributed by atoms with van der Waals surface area (Å²) in [5, 5.41) is 7.99. The molecule has 22 heavy (non-hydrogen) atoms. The highest BCUT2D eigenvalue weighted by Crippen LogP contribution is 2.36. The summed E-state index contributed by atoms with van der Waals surface area (Å²) in [4.78, 5) is 0. The fraction of sp³-hybridized carbons (Fsp3) is 0.0667. The Bertz CT molecular complexity index is 722. The Morgan fingerprint density at radius 2 is 1.91 bits per heavy atom. The Kier molecular flexibility index (Phi) is 4.41. The summed E-state index contributed by atoms with van der Waals surface area (Å²) in [6.45, 7) is 0.204. The molecule has 0 aromatic heterocycles. The fourth-order valence-corrected chi connectivity index (χ4v) is 2.25. The first-order chi connectivity index (χ1) is 10.7. The molecule has 3 rings (SSSR count). The van der Waals surface area contributed by atoms with Crippen LogP contribution in [0, 0.1) is 0 Å². The van der Waals surface area contributed by atoms with Crippen molar-refractivity contribution in [2.45, 2.75) is 0 Å². The lowest BCUT2D eigenvalue weighted by Crippen LogP contribution is -2.23. The van der Waals surface area contributed by atoms with E-state index in [-0.39, 0.29) is 6.79 Å². The number of benzene rings is 2. The Labute approximate surface area is 137 Å². The summed E-state index contributed by atoms with van der Waals surface area (Å²) < 4.78 is 10.5. The average Bonchev–Trinajstić information content (AvgIpc) is 2.95. The van der Waals surface area contributed by atoms with Crippen LogP contribution in [-0.2, 0) is 0 Å². The van der Waals surface area contributed by atoms with E-state index < -0.39 is 0 Å². The van der Waals surface area contributed by atoms with Gasteiger partial charge in [0.25, 0.3) is 0 Å². The molecule has 0 fully saturated rings. The van der Waals surface area contributed by atoms with E-state index >= 15 is 0 Å². The van der Waals surface area contributed by atoms with Gasteiger partial charge < -0.3 is 14.8 Å². The minimum Gasteiger partial charge on any atom is -0.454 e. The Hall–Kier alpha value is -2.31. The van der Waals surface area contributed by atoms with Gasteiger partial charge in [-0.15, -0.1) is 0 Å². The number of ether oxygens (including phenoxy) is 2. The molecule has 112 valence electrons. The minimum atomic E-state index is 0.204. The van der Waals surface area contributed by atoms with Crippen molar-refractivity contribution in [3.8, 4) is 11.5 Å². The zero-order valence-corrected chi connectivity index (χ0v) is 12.9. The summed E-state index contributed by atoms with van der Waals surface area (Å²) in [6, 6.07) is 13.1. The van der Waals surface area contributed by atoms with E-state index in [4.69, 9.17) is 33.3 Å². The molecule has 0 saturated carbocycles. The highest BCUT2D eigenvalue weighted by molar-refractivity contribution is 7.80. The molecule has 2 N–H and O–H groups in total. The molecule has 0 unspecified atom stereocenters. The molecular weight excluding hydrogens is 322 g/mol. The maximum atomic E-state index is 6.15. The monoisotopic (exact) mass is 333 g/mol. The zero-order valence-electron chi connectivity index (χ0n) is 11.4. The van der Waals surface area contributed by atoms with Gasteiger partial charge in [0.1, 0.15) is 0 Å². The van der Waals surface area contributed by atoms with Gasteiger partial charge in [0.15, 0.2) is 16.6 Å². The van der Waals surface area contributed by atoms with Gasteiger partial charge in [-0.2, -0.15) is 5.10 Å². The summed E-state index contributed by atoms with van der Waals surface area (Å²) in [7, 11) is 0. The van der Waals surface area contributed by atoms with Crippen LogP contribution in [0.25, 0.3) is 0 Å². The van der Waals surface area contributed by atoms with Gasteiger partial charge in [0.2, 0.25) is 6.79 Å². The highest BCUT2D eigenvalue weighted by Gasteiger charge is 2.15. The maximum absolute atomic E-state index is 6.15. The molecule has 5 nitrogen and oxygen atoms in total. The van der Waals surface area contributed by atoms with Gasteiger partial charge in [0.05, 0.1) is 11.2 Å². The lowest BCUT2D eigenvalue weighted by molar-refractivity contribution is 0.174. The number of para-hydroxylation sites is 1. The maximum Gasteiger partial charge on any atom is 0.231 e. The van der Waals surface area contributed by atoms with E-state index in [9.17, 15) is 0 Å². The number of nitrogens with zero attached hydrogens (tertiary/aromatic N) is 1. The zero-order chi connectivity index (χ0) is 15.4. The SMILES string of the molecule is S=C(N/N=C/c1cc2c(cc1Cl)OCO2)Nc1ccccc1. The van der Waals surface area contributed by atoms with Gasteiger partial charge in [-0.05, 0) is 30.4 Å². The van der Waals surface area contributed by atoms with Crippen molar-refractivity contribution in [3.05, 3.63) is 53.1 Å². The van der Waals surface area contributed by atoms with Crippen molar-refractivity contribution in [2.24, 2.45) is 5.10 Å².